The number of rotatable bonds is 5. The minimum absolute atomic E-state index is 0.302. The maximum absolute atomic E-state index is 11.7. The molecule has 6 heteroatoms. The lowest BCUT2D eigenvalue weighted by Gasteiger charge is -2.51. The zero-order valence-electron chi connectivity index (χ0n) is 13.8. The fourth-order valence-electron chi connectivity index (χ4n) is 5.06. The van der Waals surface area contributed by atoms with E-state index in [1.165, 1.54) is 39.2 Å². The lowest BCUT2D eigenvalue weighted by Crippen LogP contribution is -2.40. The van der Waals surface area contributed by atoms with Gasteiger partial charge in [0, 0.05) is 0 Å². The first-order valence-corrected chi connectivity index (χ1v) is 10.1. The van der Waals surface area contributed by atoms with E-state index >= 15 is 0 Å². The molecule has 1 unspecified atom stereocenters. The predicted molar refractivity (Wildman–Crippen MR) is 90.0 cm³/mol. The van der Waals surface area contributed by atoms with Crippen molar-refractivity contribution in [2.75, 3.05) is 7.11 Å². The normalized spacial score (nSPS) is 33.3. The Balaban J connectivity index is 1.55. The zero-order valence-corrected chi connectivity index (χ0v) is 14.7. The van der Waals surface area contributed by atoms with Gasteiger partial charge in [0.1, 0.15) is 5.75 Å². The Morgan fingerprint density at radius 3 is 2.42 bits per heavy atom. The van der Waals surface area contributed by atoms with Crippen LogP contribution >= 0.6 is 7.82 Å². The van der Waals surface area contributed by atoms with Gasteiger partial charge in [-0.15, -0.1) is 4.67 Å². The minimum Gasteiger partial charge on any atom is -0.403 e. The third-order valence-electron chi connectivity index (χ3n) is 5.66. The van der Waals surface area contributed by atoms with Crippen molar-refractivity contribution in [2.45, 2.75) is 32.1 Å². The van der Waals surface area contributed by atoms with Crippen LogP contribution in [-0.2, 0) is 14.1 Å². The molecule has 1 aromatic carbocycles. The molecule has 130 valence electrons. The molecule has 4 fully saturated rings. The molecule has 4 aliphatic rings. The van der Waals surface area contributed by atoms with Gasteiger partial charge >= 0.3 is 7.82 Å². The predicted octanol–water partition coefficient (Wildman–Crippen LogP) is 4.58. The van der Waals surface area contributed by atoms with Gasteiger partial charge in [-0.25, -0.2) is 9.45 Å². The van der Waals surface area contributed by atoms with Gasteiger partial charge in [-0.1, -0.05) is 23.8 Å². The first-order chi connectivity index (χ1) is 11.5. The third kappa shape index (κ3) is 3.31. The number of hydrogen-bond donors (Lipinski definition) is 1. The summed E-state index contributed by atoms with van der Waals surface area (Å²) < 4.78 is 21.0. The molecule has 0 aliphatic heterocycles. The van der Waals surface area contributed by atoms with E-state index in [4.69, 9.17) is 4.52 Å². The summed E-state index contributed by atoms with van der Waals surface area (Å²) in [4.78, 5) is 13.8. The highest BCUT2D eigenvalue weighted by atomic mass is 31.2. The number of benzene rings is 1. The van der Waals surface area contributed by atoms with Crippen LogP contribution in [0.5, 0.6) is 5.75 Å². The van der Waals surface area contributed by atoms with Crippen LogP contribution < -0.4 is 4.52 Å². The molecule has 4 aliphatic carbocycles. The number of phosphoric acid groups is 1. The third-order valence-corrected chi connectivity index (χ3v) is 6.44. The number of hydrogen-bond acceptors (Lipinski definition) is 4. The molecule has 5 nitrogen and oxygen atoms in total. The van der Waals surface area contributed by atoms with Gasteiger partial charge in [-0.05, 0) is 73.5 Å². The van der Waals surface area contributed by atoms with Crippen LogP contribution in [0.15, 0.2) is 29.8 Å². The second-order valence-corrected chi connectivity index (χ2v) is 8.59. The first kappa shape index (κ1) is 16.3. The molecule has 0 aromatic heterocycles. The molecule has 4 saturated carbocycles. The molecule has 0 saturated heterocycles. The van der Waals surface area contributed by atoms with Crippen molar-refractivity contribution in [3.63, 3.8) is 0 Å². The van der Waals surface area contributed by atoms with Crippen molar-refractivity contribution in [2.24, 2.45) is 23.7 Å². The van der Waals surface area contributed by atoms with E-state index in [0.717, 1.165) is 29.2 Å². The van der Waals surface area contributed by atoms with Crippen LogP contribution in [-0.4, -0.2) is 12.0 Å². The first-order valence-electron chi connectivity index (χ1n) is 8.59. The van der Waals surface area contributed by atoms with Crippen LogP contribution in [0.3, 0.4) is 0 Å². The Labute approximate surface area is 142 Å². The topological polar surface area (TPSA) is 65.0 Å². The fraction of sp³-hybridized carbons (Fsp3) is 0.556. The Bertz CT molecular complexity index is 668. The lowest BCUT2D eigenvalue weighted by atomic mass is 9.54. The molecule has 1 aromatic rings. The summed E-state index contributed by atoms with van der Waals surface area (Å²) in [7, 11) is -3.08. The van der Waals surface area contributed by atoms with Gasteiger partial charge in [0.15, 0.2) is 0 Å². The highest BCUT2D eigenvalue weighted by Gasteiger charge is 2.44. The number of phosphoric ester groups is 1. The zero-order chi connectivity index (χ0) is 16.7. The molecule has 4 bridgehead atoms. The molecule has 0 spiro atoms. The van der Waals surface area contributed by atoms with E-state index in [2.05, 4.69) is 15.6 Å². The van der Waals surface area contributed by atoms with Crippen molar-refractivity contribution in [1.82, 2.24) is 0 Å². The lowest BCUT2D eigenvalue weighted by molar-refractivity contribution is -0.193. The molecule has 1 atom stereocenters. The Hall–Kier alpha value is -1.13. The van der Waals surface area contributed by atoms with Gasteiger partial charge in [0.05, 0.1) is 7.11 Å². The maximum Gasteiger partial charge on any atom is 0.555 e. The minimum atomic E-state index is -4.24. The summed E-state index contributed by atoms with van der Waals surface area (Å²) in [5.74, 6) is 3.63. The molecular formula is C18H23O5P. The fourth-order valence-corrected chi connectivity index (χ4v) is 5.66. The van der Waals surface area contributed by atoms with Gasteiger partial charge in [0.25, 0.3) is 0 Å². The van der Waals surface area contributed by atoms with E-state index < -0.39 is 7.82 Å². The highest BCUT2D eigenvalue weighted by molar-refractivity contribution is 7.47. The average molecular weight is 350 g/mol. The van der Waals surface area contributed by atoms with Crippen molar-refractivity contribution in [3.8, 4) is 5.75 Å². The Morgan fingerprint density at radius 2 is 1.79 bits per heavy atom. The summed E-state index contributed by atoms with van der Waals surface area (Å²) in [6, 6.07) is 7.25. The molecule has 0 heterocycles. The van der Waals surface area contributed by atoms with Crippen LogP contribution in [0.25, 0.3) is 6.08 Å². The van der Waals surface area contributed by atoms with Gasteiger partial charge < -0.3 is 4.52 Å². The summed E-state index contributed by atoms with van der Waals surface area (Å²) in [6.07, 6.45) is 9.05. The molecule has 0 radical (unpaired) electrons. The van der Waals surface area contributed by atoms with E-state index in [1.807, 2.05) is 12.1 Å². The van der Waals surface area contributed by atoms with E-state index in [9.17, 15) is 9.46 Å². The van der Waals surface area contributed by atoms with Crippen molar-refractivity contribution in [1.29, 1.82) is 0 Å². The average Bonchev–Trinajstić information content (AvgIpc) is 2.50. The Kier molecular flexibility index (Phi) is 4.29. The second-order valence-electron chi connectivity index (χ2n) is 7.32. The summed E-state index contributed by atoms with van der Waals surface area (Å²) in [5.41, 5.74) is 2.58. The Morgan fingerprint density at radius 1 is 1.12 bits per heavy atom. The summed E-state index contributed by atoms with van der Waals surface area (Å²) in [6.45, 7) is 0. The van der Waals surface area contributed by atoms with Crippen LogP contribution in [0.2, 0.25) is 0 Å². The smallest absolute Gasteiger partial charge is 0.403 e. The van der Waals surface area contributed by atoms with Crippen LogP contribution in [0.4, 0.5) is 0 Å². The monoisotopic (exact) mass is 350 g/mol. The molecular weight excluding hydrogens is 327 g/mol. The van der Waals surface area contributed by atoms with Crippen molar-refractivity contribution < 1.29 is 23.5 Å². The van der Waals surface area contributed by atoms with Crippen LogP contribution in [0.1, 0.15) is 37.7 Å². The van der Waals surface area contributed by atoms with E-state index in [0.29, 0.717) is 5.75 Å². The summed E-state index contributed by atoms with van der Waals surface area (Å²) in [5, 5.41) is 0. The highest BCUT2D eigenvalue weighted by Crippen LogP contribution is 2.56. The SMILES string of the molecule is COOP(=O)(O)Oc1cccc(C=C2C3CC4CC(C3)CC2C4)c1. The van der Waals surface area contributed by atoms with Crippen LogP contribution in [0, 0.1) is 23.7 Å². The molecule has 5 rings (SSSR count). The van der Waals surface area contributed by atoms with Gasteiger partial charge in [0.2, 0.25) is 0 Å². The largest absolute Gasteiger partial charge is 0.555 e. The molecule has 0 amide bonds. The van der Waals surface area contributed by atoms with Crippen molar-refractivity contribution >= 4 is 13.9 Å². The number of allylic oxidation sites excluding steroid dienone is 1. The molecule has 1 N–H and O–H groups in total. The van der Waals surface area contributed by atoms with E-state index in [-0.39, 0.29) is 0 Å². The van der Waals surface area contributed by atoms with Crippen molar-refractivity contribution in [3.05, 3.63) is 35.4 Å². The standard InChI is InChI=1S/C18H23O5P/c1-21-23-24(19,20)22-17-4-2-3-12(10-17)11-18-15-6-13-5-14(8-15)9-16(18)7-13/h2-4,10-11,13-16H,5-9H2,1H3,(H,19,20). The quantitative estimate of drug-likeness (QED) is 0.478. The summed E-state index contributed by atoms with van der Waals surface area (Å²) >= 11 is 0. The van der Waals surface area contributed by atoms with E-state index in [1.54, 1.807) is 17.7 Å². The molecule has 24 heavy (non-hydrogen) atoms. The second kappa shape index (κ2) is 6.30. The van der Waals surface area contributed by atoms with Gasteiger partial charge in [-0.3, -0.25) is 4.89 Å². The maximum atomic E-state index is 11.7. The van der Waals surface area contributed by atoms with Gasteiger partial charge in [-0.2, -0.15) is 0 Å².